The van der Waals surface area contributed by atoms with Crippen molar-refractivity contribution in [3.8, 4) is 5.75 Å². The van der Waals surface area contributed by atoms with E-state index in [2.05, 4.69) is 53.2 Å². The second kappa shape index (κ2) is 12.2. The molecule has 2 aliphatic heterocycles. The van der Waals surface area contributed by atoms with Crippen LogP contribution in [0.25, 0.3) is 0 Å². The molecule has 32 heavy (non-hydrogen) atoms. The van der Waals surface area contributed by atoms with E-state index >= 15 is 0 Å². The van der Waals surface area contributed by atoms with E-state index in [1.807, 2.05) is 19.2 Å². The molecule has 4 rings (SSSR count). The Labute approximate surface area is 208 Å². The second-order valence-electron chi connectivity index (χ2n) is 7.95. The number of nitrogens with one attached hydrogen (secondary N) is 1. The lowest BCUT2D eigenvalue weighted by Gasteiger charge is -2.37. The quantitative estimate of drug-likeness (QED) is 0.337. The third kappa shape index (κ3) is 5.80. The Morgan fingerprint density at radius 3 is 2.38 bits per heavy atom. The number of halogens is 1. The van der Waals surface area contributed by atoms with Gasteiger partial charge in [-0.15, -0.1) is 24.0 Å². The zero-order valence-corrected chi connectivity index (χ0v) is 21.3. The molecule has 9 heteroatoms. The van der Waals surface area contributed by atoms with Crippen LogP contribution in [-0.2, 0) is 0 Å². The van der Waals surface area contributed by atoms with Crippen LogP contribution in [0.1, 0.15) is 24.4 Å². The standard InChI is InChI=1S/C23H33N7O.HI/c1-24-22(29-14-16-30(17-15-29)23-25-10-7-11-26-23)27-18-20(28-12-5-6-13-28)19-8-3-4-9-21(19)31-2;/h3-4,7-11,20H,5-6,12-18H2,1-2H3,(H,24,27);1H. The minimum atomic E-state index is 0. The first-order valence-electron chi connectivity index (χ1n) is 11.1. The van der Waals surface area contributed by atoms with Gasteiger partial charge in [-0.05, 0) is 38.1 Å². The molecule has 0 radical (unpaired) electrons. The number of guanidine groups is 1. The van der Waals surface area contributed by atoms with E-state index in [0.29, 0.717) is 0 Å². The number of aromatic nitrogens is 2. The molecule has 0 bridgehead atoms. The largest absolute Gasteiger partial charge is 0.496 e. The number of piperazine rings is 1. The summed E-state index contributed by atoms with van der Waals surface area (Å²) in [7, 11) is 3.62. The fourth-order valence-corrected chi connectivity index (χ4v) is 4.52. The molecule has 3 heterocycles. The highest BCUT2D eigenvalue weighted by Gasteiger charge is 2.27. The number of likely N-dealkylation sites (tertiary alicyclic amines) is 1. The van der Waals surface area contributed by atoms with Crippen molar-refractivity contribution in [1.82, 2.24) is 25.1 Å². The molecule has 0 spiro atoms. The van der Waals surface area contributed by atoms with Crippen LogP contribution in [0.4, 0.5) is 5.95 Å². The van der Waals surface area contributed by atoms with E-state index in [4.69, 9.17) is 4.74 Å². The lowest BCUT2D eigenvalue weighted by Crippen LogP contribution is -2.53. The topological polar surface area (TPSA) is 69.1 Å². The minimum Gasteiger partial charge on any atom is -0.496 e. The first-order chi connectivity index (χ1) is 15.3. The van der Waals surface area contributed by atoms with Gasteiger partial charge in [0.05, 0.1) is 13.2 Å². The summed E-state index contributed by atoms with van der Waals surface area (Å²) in [6.07, 6.45) is 6.10. The summed E-state index contributed by atoms with van der Waals surface area (Å²) in [6, 6.07) is 10.5. The number of anilines is 1. The van der Waals surface area contributed by atoms with Crippen molar-refractivity contribution in [2.24, 2.45) is 4.99 Å². The highest BCUT2D eigenvalue weighted by molar-refractivity contribution is 14.0. The molecule has 2 saturated heterocycles. The Morgan fingerprint density at radius 1 is 1.03 bits per heavy atom. The summed E-state index contributed by atoms with van der Waals surface area (Å²) in [4.78, 5) is 20.4. The van der Waals surface area contributed by atoms with Crippen molar-refractivity contribution in [2.45, 2.75) is 18.9 Å². The number of hydrogen-bond acceptors (Lipinski definition) is 6. The highest BCUT2D eigenvalue weighted by atomic mass is 127. The van der Waals surface area contributed by atoms with Crippen LogP contribution in [0.2, 0.25) is 0 Å². The Hall–Kier alpha value is -2.14. The van der Waals surface area contributed by atoms with Crippen LogP contribution in [-0.4, -0.2) is 85.7 Å². The highest BCUT2D eigenvalue weighted by Crippen LogP contribution is 2.31. The van der Waals surface area contributed by atoms with Crippen LogP contribution >= 0.6 is 24.0 Å². The van der Waals surface area contributed by atoms with Gasteiger partial charge in [-0.2, -0.15) is 0 Å². The molecule has 0 saturated carbocycles. The van der Waals surface area contributed by atoms with E-state index in [1.54, 1.807) is 19.5 Å². The Morgan fingerprint density at radius 2 is 1.72 bits per heavy atom. The van der Waals surface area contributed by atoms with Crippen molar-refractivity contribution < 1.29 is 4.74 Å². The van der Waals surface area contributed by atoms with Crippen LogP contribution in [0.3, 0.4) is 0 Å². The molecule has 0 aliphatic carbocycles. The van der Waals surface area contributed by atoms with Gasteiger partial charge in [-0.1, -0.05) is 18.2 Å². The molecule has 2 fully saturated rings. The van der Waals surface area contributed by atoms with Crippen LogP contribution in [0.15, 0.2) is 47.7 Å². The number of hydrogen-bond donors (Lipinski definition) is 1. The van der Waals surface area contributed by atoms with Crippen molar-refractivity contribution in [2.75, 3.05) is 64.9 Å². The number of ether oxygens (including phenoxy) is 1. The normalized spacial score (nSPS) is 18.2. The maximum atomic E-state index is 5.68. The summed E-state index contributed by atoms with van der Waals surface area (Å²) in [6.45, 7) is 6.59. The predicted molar refractivity (Wildman–Crippen MR) is 139 cm³/mol. The third-order valence-electron chi connectivity index (χ3n) is 6.16. The van der Waals surface area contributed by atoms with Crippen molar-refractivity contribution >= 4 is 35.9 Å². The van der Waals surface area contributed by atoms with Crippen molar-refractivity contribution in [1.29, 1.82) is 0 Å². The van der Waals surface area contributed by atoms with E-state index in [9.17, 15) is 0 Å². The van der Waals surface area contributed by atoms with E-state index in [1.165, 1.54) is 18.4 Å². The van der Waals surface area contributed by atoms with Crippen LogP contribution in [0.5, 0.6) is 5.75 Å². The van der Waals surface area contributed by atoms with Crippen LogP contribution in [0, 0.1) is 0 Å². The summed E-state index contributed by atoms with van der Waals surface area (Å²) >= 11 is 0. The Kier molecular flexibility index (Phi) is 9.34. The Bertz CT molecular complexity index is 852. The molecular weight excluding hydrogens is 517 g/mol. The monoisotopic (exact) mass is 551 g/mol. The zero-order valence-electron chi connectivity index (χ0n) is 19.0. The molecule has 0 amide bonds. The number of nitrogens with zero attached hydrogens (tertiary/aromatic N) is 6. The fraction of sp³-hybridized carbons (Fsp3) is 0.522. The van der Waals surface area contributed by atoms with E-state index in [-0.39, 0.29) is 30.0 Å². The number of para-hydroxylation sites is 1. The second-order valence-corrected chi connectivity index (χ2v) is 7.95. The van der Waals surface area contributed by atoms with Gasteiger partial charge in [-0.25, -0.2) is 9.97 Å². The van der Waals surface area contributed by atoms with Crippen molar-refractivity contribution in [3.63, 3.8) is 0 Å². The zero-order chi connectivity index (χ0) is 21.5. The van der Waals surface area contributed by atoms with Gasteiger partial charge in [0.2, 0.25) is 5.95 Å². The molecule has 174 valence electrons. The van der Waals surface area contributed by atoms with Gasteiger partial charge >= 0.3 is 0 Å². The number of rotatable bonds is 6. The van der Waals surface area contributed by atoms with Gasteiger partial charge in [0, 0.05) is 57.7 Å². The lowest BCUT2D eigenvalue weighted by molar-refractivity contribution is 0.237. The fourth-order valence-electron chi connectivity index (χ4n) is 4.52. The number of methoxy groups -OCH3 is 1. The minimum absolute atomic E-state index is 0. The number of benzene rings is 1. The Balaban J connectivity index is 0.00000289. The van der Waals surface area contributed by atoms with Crippen LogP contribution < -0.4 is 15.0 Å². The van der Waals surface area contributed by atoms with Crippen molar-refractivity contribution in [3.05, 3.63) is 48.3 Å². The average Bonchev–Trinajstić information content (AvgIpc) is 3.37. The molecule has 1 N–H and O–H groups in total. The first kappa shape index (κ1) is 24.5. The van der Waals surface area contributed by atoms with Gasteiger partial charge in [-0.3, -0.25) is 9.89 Å². The van der Waals surface area contributed by atoms with E-state index in [0.717, 1.165) is 63.5 Å². The lowest BCUT2D eigenvalue weighted by atomic mass is 10.0. The van der Waals surface area contributed by atoms with Gasteiger partial charge < -0.3 is 19.9 Å². The third-order valence-corrected chi connectivity index (χ3v) is 6.16. The SMILES string of the molecule is CN=C(NCC(c1ccccc1OC)N1CCCC1)N1CCN(c2ncccn2)CC1.I. The predicted octanol–water partition coefficient (Wildman–Crippen LogP) is 2.64. The maximum absolute atomic E-state index is 5.68. The first-order valence-corrected chi connectivity index (χ1v) is 11.1. The molecular formula is C23H34IN7O. The summed E-state index contributed by atoms with van der Waals surface area (Å²) in [5, 5.41) is 3.65. The summed E-state index contributed by atoms with van der Waals surface area (Å²) in [5.74, 6) is 2.70. The van der Waals surface area contributed by atoms with Gasteiger partial charge in [0.1, 0.15) is 5.75 Å². The van der Waals surface area contributed by atoms with E-state index < -0.39 is 0 Å². The summed E-state index contributed by atoms with van der Waals surface area (Å²) in [5.41, 5.74) is 1.24. The molecule has 2 aromatic rings. The maximum Gasteiger partial charge on any atom is 0.225 e. The molecule has 2 aliphatic rings. The average molecular weight is 551 g/mol. The molecule has 1 unspecified atom stereocenters. The smallest absolute Gasteiger partial charge is 0.225 e. The molecule has 1 aromatic heterocycles. The number of aliphatic imine (C=N–C) groups is 1. The molecule has 1 aromatic carbocycles. The van der Waals surface area contributed by atoms with Gasteiger partial charge in [0.15, 0.2) is 5.96 Å². The van der Waals surface area contributed by atoms with Gasteiger partial charge in [0.25, 0.3) is 0 Å². The molecule has 8 nitrogen and oxygen atoms in total. The molecule has 1 atom stereocenters. The summed E-state index contributed by atoms with van der Waals surface area (Å²) < 4.78 is 5.68.